The molecule has 3 rings (SSSR count). The zero-order valence-electron chi connectivity index (χ0n) is 14.8. The van der Waals surface area contributed by atoms with Crippen molar-refractivity contribution < 1.29 is 9.59 Å². The zero-order chi connectivity index (χ0) is 19.4. The molecule has 138 valence electrons. The Morgan fingerprint density at radius 1 is 1.07 bits per heavy atom. The summed E-state index contributed by atoms with van der Waals surface area (Å²) >= 11 is 0. The van der Waals surface area contributed by atoms with Crippen molar-refractivity contribution in [2.45, 2.75) is 20.3 Å². The molecule has 0 bridgehead atoms. The summed E-state index contributed by atoms with van der Waals surface area (Å²) in [5.74, 6) is 0.00128. The van der Waals surface area contributed by atoms with Crippen LogP contribution in [0.5, 0.6) is 0 Å². The molecule has 9 nitrogen and oxygen atoms in total. The van der Waals surface area contributed by atoms with Crippen molar-refractivity contribution in [3.8, 4) is 5.82 Å². The van der Waals surface area contributed by atoms with Crippen molar-refractivity contribution >= 4 is 23.2 Å². The minimum atomic E-state index is -0.325. The van der Waals surface area contributed by atoms with Gasteiger partial charge < -0.3 is 10.6 Å². The second kappa shape index (κ2) is 7.65. The Hall–Kier alpha value is -3.75. The summed E-state index contributed by atoms with van der Waals surface area (Å²) in [7, 11) is 0. The molecule has 2 aromatic heterocycles. The topological polar surface area (TPSA) is 122 Å². The fraction of sp³-hybridized carbons (Fsp3) is 0.167. The van der Waals surface area contributed by atoms with Crippen molar-refractivity contribution in [3.63, 3.8) is 0 Å². The number of hydrogen-bond donors (Lipinski definition) is 3. The first-order valence-corrected chi connectivity index (χ1v) is 8.30. The predicted octanol–water partition coefficient (Wildman–Crippen LogP) is 1.86. The molecule has 3 N–H and O–H groups in total. The lowest BCUT2D eigenvalue weighted by atomic mass is 10.2. The molecule has 9 heteroatoms. The Morgan fingerprint density at radius 2 is 1.74 bits per heavy atom. The molecule has 2 amide bonds. The van der Waals surface area contributed by atoms with E-state index >= 15 is 0 Å². The second-order valence-corrected chi connectivity index (χ2v) is 5.77. The minimum Gasteiger partial charge on any atom is -0.326 e. The van der Waals surface area contributed by atoms with Crippen molar-refractivity contribution in [1.82, 2.24) is 20.0 Å². The van der Waals surface area contributed by atoms with Gasteiger partial charge in [-0.15, -0.1) is 0 Å². The zero-order valence-corrected chi connectivity index (χ0v) is 14.8. The number of anilines is 2. The Morgan fingerprint density at radius 3 is 2.33 bits per heavy atom. The van der Waals surface area contributed by atoms with Gasteiger partial charge in [0.05, 0.1) is 17.5 Å². The van der Waals surface area contributed by atoms with Gasteiger partial charge in [-0.3, -0.25) is 14.4 Å². The van der Waals surface area contributed by atoms with Crippen LogP contribution in [0.3, 0.4) is 0 Å². The van der Waals surface area contributed by atoms with Crippen molar-refractivity contribution in [3.05, 3.63) is 64.2 Å². The Labute approximate surface area is 154 Å². The molecule has 27 heavy (non-hydrogen) atoms. The standard InChI is InChI=1S/C18H18N6O3/c1-3-16(25)20-12-4-6-13(7-5-12)21-18(27)14-10-19-24(11(14)2)15-8-9-17(26)23-22-15/h4-10H,3H2,1-2H3,(H,20,25)(H,21,27)(H,23,26). The van der Waals surface area contributed by atoms with Crippen molar-refractivity contribution in [2.75, 3.05) is 10.6 Å². The lowest BCUT2D eigenvalue weighted by molar-refractivity contribution is -0.115. The van der Waals surface area contributed by atoms with Crippen LogP contribution in [0.4, 0.5) is 11.4 Å². The van der Waals surface area contributed by atoms with E-state index in [1.807, 2.05) is 0 Å². The fourth-order valence-electron chi connectivity index (χ4n) is 2.40. The summed E-state index contributed by atoms with van der Waals surface area (Å²) < 4.78 is 1.47. The molecule has 0 spiro atoms. The summed E-state index contributed by atoms with van der Waals surface area (Å²) in [4.78, 5) is 35.0. The van der Waals surface area contributed by atoms with Gasteiger partial charge >= 0.3 is 0 Å². The van der Waals surface area contributed by atoms with Crippen molar-refractivity contribution in [1.29, 1.82) is 0 Å². The number of nitrogens with one attached hydrogen (secondary N) is 3. The number of hydrogen-bond acceptors (Lipinski definition) is 5. The molecule has 0 saturated heterocycles. The molecule has 1 aromatic carbocycles. The van der Waals surface area contributed by atoms with E-state index in [-0.39, 0.29) is 17.4 Å². The lowest BCUT2D eigenvalue weighted by Crippen LogP contribution is -2.14. The first-order chi connectivity index (χ1) is 13.0. The molecule has 0 atom stereocenters. The third kappa shape index (κ3) is 4.09. The van der Waals surface area contributed by atoms with E-state index in [1.54, 1.807) is 38.1 Å². The summed E-state index contributed by atoms with van der Waals surface area (Å²) in [6, 6.07) is 9.68. The largest absolute Gasteiger partial charge is 0.326 e. The molecule has 3 aromatic rings. The van der Waals surface area contributed by atoms with Gasteiger partial charge in [0.2, 0.25) is 5.91 Å². The normalized spacial score (nSPS) is 10.4. The van der Waals surface area contributed by atoms with E-state index in [2.05, 4.69) is 25.9 Å². The van der Waals surface area contributed by atoms with E-state index in [9.17, 15) is 14.4 Å². The van der Waals surface area contributed by atoms with Gasteiger partial charge in [0.15, 0.2) is 5.82 Å². The van der Waals surface area contributed by atoms with Gasteiger partial charge in [-0.25, -0.2) is 9.78 Å². The van der Waals surface area contributed by atoms with Gasteiger partial charge in [0, 0.05) is 23.9 Å². The molecule has 2 heterocycles. The van der Waals surface area contributed by atoms with Gasteiger partial charge in [-0.2, -0.15) is 10.2 Å². The number of nitrogens with zero attached hydrogens (tertiary/aromatic N) is 3. The van der Waals surface area contributed by atoms with Gasteiger partial charge in [-0.05, 0) is 37.3 Å². The molecular weight excluding hydrogens is 348 g/mol. The number of aromatic nitrogens is 4. The van der Waals surface area contributed by atoms with Crippen LogP contribution in [0.15, 0.2) is 47.4 Å². The first-order valence-electron chi connectivity index (χ1n) is 8.30. The van der Waals surface area contributed by atoms with E-state index in [1.165, 1.54) is 23.0 Å². The van der Waals surface area contributed by atoms with Crippen LogP contribution < -0.4 is 16.2 Å². The average molecular weight is 366 g/mol. The maximum absolute atomic E-state index is 12.5. The van der Waals surface area contributed by atoms with E-state index in [0.29, 0.717) is 34.9 Å². The summed E-state index contributed by atoms with van der Waals surface area (Å²) in [6.07, 6.45) is 1.83. The summed E-state index contributed by atoms with van der Waals surface area (Å²) in [5.41, 5.74) is 1.89. The first kappa shape index (κ1) is 18.1. The summed E-state index contributed by atoms with van der Waals surface area (Å²) in [6.45, 7) is 3.51. The van der Waals surface area contributed by atoms with Crippen LogP contribution in [0.25, 0.3) is 5.82 Å². The Bertz CT molecular complexity index is 1020. The van der Waals surface area contributed by atoms with Gasteiger partial charge in [-0.1, -0.05) is 6.92 Å². The van der Waals surface area contributed by atoms with Crippen molar-refractivity contribution in [2.24, 2.45) is 0 Å². The molecule has 0 aliphatic carbocycles. The number of benzene rings is 1. The lowest BCUT2D eigenvalue weighted by Gasteiger charge is -2.08. The van der Waals surface area contributed by atoms with Crippen LogP contribution >= 0.6 is 0 Å². The highest BCUT2D eigenvalue weighted by molar-refractivity contribution is 6.05. The predicted molar refractivity (Wildman–Crippen MR) is 100 cm³/mol. The monoisotopic (exact) mass is 366 g/mol. The average Bonchev–Trinajstić information content (AvgIpc) is 3.05. The van der Waals surface area contributed by atoms with E-state index in [4.69, 9.17) is 0 Å². The minimum absolute atomic E-state index is 0.0781. The smallest absolute Gasteiger partial charge is 0.264 e. The Balaban J connectivity index is 1.74. The number of rotatable bonds is 5. The highest BCUT2D eigenvalue weighted by Gasteiger charge is 2.16. The maximum Gasteiger partial charge on any atom is 0.264 e. The number of aromatic amines is 1. The van der Waals surface area contributed by atoms with Crippen LogP contribution in [0.1, 0.15) is 29.4 Å². The molecular formula is C18H18N6O3. The summed E-state index contributed by atoms with van der Waals surface area (Å²) in [5, 5.41) is 15.9. The molecule has 0 fully saturated rings. The molecule has 0 saturated carbocycles. The molecule has 0 radical (unpaired) electrons. The highest BCUT2D eigenvalue weighted by Crippen LogP contribution is 2.17. The number of carbonyl (C=O) groups excluding carboxylic acids is 2. The van der Waals surface area contributed by atoms with Crippen LogP contribution in [-0.4, -0.2) is 31.8 Å². The number of amides is 2. The number of H-pyrrole nitrogens is 1. The molecule has 0 aliphatic heterocycles. The molecule has 0 aliphatic rings. The second-order valence-electron chi connectivity index (χ2n) is 5.77. The SMILES string of the molecule is CCC(=O)Nc1ccc(NC(=O)c2cnn(-c3ccc(=O)[nH]n3)c2C)cc1. The van der Waals surface area contributed by atoms with Gasteiger partial charge in [0.1, 0.15) is 0 Å². The number of carbonyl (C=O) groups is 2. The van der Waals surface area contributed by atoms with Crippen LogP contribution in [0, 0.1) is 6.92 Å². The Kier molecular flexibility index (Phi) is 5.11. The van der Waals surface area contributed by atoms with E-state index < -0.39 is 0 Å². The highest BCUT2D eigenvalue weighted by atomic mass is 16.2. The van der Waals surface area contributed by atoms with E-state index in [0.717, 1.165) is 0 Å². The quantitative estimate of drug-likeness (QED) is 0.636. The fourth-order valence-corrected chi connectivity index (χ4v) is 2.40. The third-order valence-corrected chi connectivity index (χ3v) is 3.88. The third-order valence-electron chi connectivity index (χ3n) is 3.88. The molecule has 0 unspecified atom stereocenters. The van der Waals surface area contributed by atoms with Gasteiger partial charge in [0.25, 0.3) is 11.5 Å². The van der Waals surface area contributed by atoms with Crippen LogP contribution in [0.2, 0.25) is 0 Å². The maximum atomic E-state index is 12.5. The van der Waals surface area contributed by atoms with Crippen LogP contribution in [-0.2, 0) is 4.79 Å².